The van der Waals surface area contributed by atoms with E-state index in [2.05, 4.69) is 17.6 Å². The molecule has 2 fully saturated rings. The zero-order valence-corrected chi connectivity index (χ0v) is 24.5. The Hall–Kier alpha value is -2.36. The highest BCUT2D eigenvalue weighted by molar-refractivity contribution is 5.92. The van der Waals surface area contributed by atoms with Crippen LogP contribution in [0.1, 0.15) is 118 Å². The molecule has 5 N–H and O–H groups in total. The van der Waals surface area contributed by atoms with Crippen molar-refractivity contribution in [3.05, 3.63) is 0 Å². The Balaban J connectivity index is 2.32. The van der Waals surface area contributed by atoms with Crippen LogP contribution in [0.4, 0.5) is 4.79 Å². The van der Waals surface area contributed by atoms with Crippen molar-refractivity contribution in [2.75, 3.05) is 6.54 Å². The second-order valence-electron chi connectivity index (χ2n) is 12.3. The van der Waals surface area contributed by atoms with Crippen LogP contribution < -0.4 is 16.4 Å². The van der Waals surface area contributed by atoms with Gasteiger partial charge in [0.05, 0.1) is 6.04 Å². The Morgan fingerprint density at radius 3 is 2.23 bits per heavy atom. The average Bonchev–Trinajstić information content (AvgIpc) is 3.28. The van der Waals surface area contributed by atoms with Crippen LogP contribution in [-0.2, 0) is 19.1 Å². The van der Waals surface area contributed by atoms with Gasteiger partial charge in [-0.3, -0.25) is 14.4 Å². The number of rotatable bonds is 6. The number of amides is 4. The number of aliphatic hydroxyl groups is 1. The molecule has 2 aliphatic rings. The molecule has 2 rings (SSSR count). The van der Waals surface area contributed by atoms with Crippen molar-refractivity contribution in [1.82, 2.24) is 15.5 Å². The smallest absolute Gasteiger partial charge is 0.408 e. The first-order valence-corrected chi connectivity index (χ1v) is 15.0. The maximum absolute atomic E-state index is 13.9. The highest BCUT2D eigenvalue weighted by Crippen LogP contribution is 2.29. The molecule has 0 radical (unpaired) electrons. The first kappa shape index (κ1) is 32.8. The fourth-order valence-corrected chi connectivity index (χ4v) is 5.58. The summed E-state index contributed by atoms with van der Waals surface area (Å²) in [6, 6.07) is -2.36. The Morgan fingerprint density at radius 2 is 1.67 bits per heavy atom. The van der Waals surface area contributed by atoms with Gasteiger partial charge in [0.2, 0.25) is 17.7 Å². The minimum atomic E-state index is -1.50. The van der Waals surface area contributed by atoms with E-state index >= 15 is 0 Å². The minimum Gasteiger partial charge on any atom is -0.444 e. The van der Waals surface area contributed by atoms with Crippen LogP contribution >= 0.6 is 0 Å². The molecule has 2 aliphatic heterocycles. The van der Waals surface area contributed by atoms with Crippen LogP contribution in [0, 0.1) is 5.92 Å². The van der Waals surface area contributed by atoms with Crippen molar-refractivity contribution in [2.24, 2.45) is 11.7 Å². The topological polar surface area (TPSA) is 151 Å². The number of nitrogens with zero attached hydrogens (tertiary/aromatic N) is 1. The zero-order valence-electron chi connectivity index (χ0n) is 24.5. The lowest BCUT2D eigenvalue weighted by Crippen LogP contribution is -2.57. The quantitative estimate of drug-likeness (QED) is 0.396. The molecule has 10 nitrogen and oxygen atoms in total. The molecule has 224 valence electrons. The summed E-state index contributed by atoms with van der Waals surface area (Å²) in [6.07, 6.45) is 9.78. The minimum absolute atomic E-state index is 0.150. The Morgan fingerprint density at radius 1 is 1.08 bits per heavy atom. The van der Waals surface area contributed by atoms with E-state index in [0.717, 1.165) is 70.6 Å². The second-order valence-corrected chi connectivity index (χ2v) is 12.3. The number of carbonyl (C=O) groups excluding carboxylic acids is 4. The van der Waals surface area contributed by atoms with Crippen molar-refractivity contribution >= 4 is 23.8 Å². The van der Waals surface area contributed by atoms with E-state index in [1.807, 2.05) is 0 Å². The molecular formula is C29H52N4O6. The van der Waals surface area contributed by atoms with E-state index in [1.165, 1.54) is 0 Å². The van der Waals surface area contributed by atoms with Crippen LogP contribution in [0.2, 0.25) is 0 Å². The van der Waals surface area contributed by atoms with Crippen molar-refractivity contribution in [3.8, 4) is 0 Å². The molecular weight excluding hydrogens is 500 g/mol. The predicted molar refractivity (Wildman–Crippen MR) is 150 cm³/mol. The van der Waals surface area contributed by atoms with Gasteiger partial charge in [0, 0.05) is 6.54 Å². The van der Waals surface area contributed by atoms with Gasteiger partial charge < -0.3 is 31.1 Å². The van der Waals surface area contributed by atoms with Gasteiger partial charge in [-0.2, -0.15) is 0 Å². The number of primary amides is 1. The lowest BCUT2D eigenvalue weighted by Gasteiger charge is -2.31. The highest BCUT2D eigenvalue weighted by Gasteiger charge is 2.43. The molecule has 2 heterocycles. The first-order chi connectivity index (χ1) is 18.4. The Kier molecular flexibility index (Phi) is 13.5. The number of ether oxygens (including phenoxy) is 1. The standard InChI is InChI=1S/C29H52N4O6/c1-5-6-15-20-18-23-26(36)31-21(24(34)25(30)35)16-13-11-9-7-8-10-12-14-17-22(27(37)33(23)19-20)32-28(38)39-29(2,3)4/h20-24,34H,5-19H2,1-4H3,(H2,30,35)(H,31,36)(H,32,38)/t20-,21+,22+,23+,24?/m1/s1. The number of carbonyl (C=O) groups is 4. The van der Waals surface area contributed by atoms with E-state index < -0.39 is 47.7 Å². The molecule has 0 aromatic carbocycles. The molecule has 39 heavy (non-hydrogen) atoms. The fraction of sp³-hybridized carbons (Fsp3) is 0.862. The van der Waals surface area contributed by atoms with Gasteiger partial charge in [-0.05, 0) is 52.4 Å². The number of alkyl carbamates (subject to hydrolysis) is 1. The lowest BCUT2D eigenvalue weighted by atomic mass is 9.97. The van der Waals surface area contributed by atoms with E-state index in [1.54, 1.807) is 25.7 Å². The van der Waals surface area contributed by atoms with Crippen molar-refractivity contribution in [2.45, 2.75) is 147 Å². The third-order valence-electron chi connectivity index (χ3n) is 7.69. The molecule has 2 saturated heterocycles. The molecule has 1 unspecified atom stereocenters. The van der Waals surface area contributed by atoms with Gasteiger partial charge in [-0.25, -0.2) is 4.79 Å². The zero-order chi connectivity index (χ0) is 29.0. The molecule has 0 bridgehead atoms. The predicted octanol–water partition coefficient (Wildman–Crippen LogP) is 3.53. The third kappa shape index (κ3) is 11.3. The van der Waals surface area contributed by atoms with E-state index in [-0.39, 0.29) is 11.8 Å². The number of nitrogens with one attached hydrogen (secondary N) is 2. The van der Waals surface area contributed by atoms with Gasteiger partial charge >= 0.3 is 6.09 Å². The van der Waals surface area contributed by atoms with Gasteiger partial charge in [0.1, 0.15) is 17.7 Å². The summed E-state index contributed by atoms with van der Waals surface area (Å²) in [7, 11) is 0. The summed E-state index contributed by atoms with van der Waals surface area (Å²) >= 11 is 0. The van der Waals surface area contributed by atoms with Crippen LogP contribution in [-0.4, -0.2) is 70.2 Å². The van der Waals surface area contributed by atoms with Gasteiger partial charge in [0.25, 0.3) is 0 Å². The largest absolute Gasteiger partial charge is 0.444 e. The van der Waals surface area contributed by atoms with Crippen LogP contribution in [0.3, 0.4) is 0 Å². The SMILES string of the molecule is CCCC[C@@H]1C[C@H]2C(=O)N[C@H](C(O)C(N)=O)CCCCCCCCCC[C@H](NC(=O)OC(C)(C)C)C(=O)N2C1. The van der Waals surface area contributed by atoms with E-state index in [0.29, 0.717) is 25.8 Å². The van der Waals surface area contributed by atoms with Gasteiger partial charge in [-0.15, -0.1) is 0 Å². The van der Waals surface area contributed by atoms with Gasteiger partial charge in [0.15, 0.2) is 6.10 Å². The van der Waals surface area contributed by atoms with Crippen LogP contribution in [0.25, 0.3) is 0 Å². The molecule has 5 atom stereocenters. The Bertz CT molecular complexity index is 814. The van der Waals surface area contributed by atoms with Crippen molar-refractivity contribution in [3.63, 3.8) is 0 Å². The highest BCUT2D eigenvalue weighted by atomic mass is 16.6. The maximum atomic E-state index is 13.9. The molecule has 0 spiro atoms. The van der Waals surface area contributed by atoms with Crippen LogP contribution in [0.5, 0.6) is 0 Å². The number of hydrogen-bond acceptors (Lipinski definition) is 6. The molecule has 10 heteroatoms. The normalized spacial score (nSPS) is 27.2. The number of unbranched alkanes of at least 4 members (excludes halogenated alkanes) is 1. The summed E-state index contributed by atoms with van der Waals surface area (Å²) < 4.78 is 5.44. The number of nitrogens with two attached hydrogens (primary N) is 1. The van der Waals surface area contributed by atoms with Crippen LogP contribution in [0.15, 0.2) is 0 Å². The number of aliphatic hydroxyl groups excluding tert-OH is 1. The lowest BCUT2D eigenvalue weighted by molar-refractivity contribution is -0.141. The number of hydrogen-bond donors (Lipinski definition) is 4. The third-order valence-corrected chi connectivity index (χ3v) is 7.69. The molecule has 0 aromatic rings. The molecule has 0 saturated carbocycles. The fourth-order valence-electron chi connectivity index (χ4n) is 5.58. The molecule has 4 amide bonds. The Labute approximate surface area is 234 Å². The monoisotopic (exact) mass is 552 g/mol. The maximum Gasteiger partial charge on any atom is 0.408 e. The summed E-state index contributed by atoms with van der Waals surface area (Å²) in [5, 5.41) is 16.1. The number of fused-ring (bicyclic) bond motifs is 1. The summed E-state index contributed by atoms with van der Waals surface area (Å²) in [5.74, 6) is -1.42. The summed E-state index contributed by atoms with van der Waals surface area (Å²) in [5.41, 5.74) is 4.68. The summed E-state index contributed by atoms with van der Waals surface area (Å²) in [4.78, 5) is 53.5. The summed E-state index contributed by atoms with van der Waals surface area (Å²) in [6.45, 7) is 7.84. The second kappa shape index (κ2) is 16.0. The average molecular weight is 553 g/mol. The van der Waals surface area contributed by atoms with Crippen molar-refractivity contribution < 1.29 is 29.0 Å². The molecule has 0 aromatic heterocycles. The van der Waals surface area contributed by atoms with Crippen molar-refractivity contribution in [1.29, 1.82) is 0 Å². The van der Waals surface area contributed by atoms with E-state index in [4.69, 9.17) is 10.5 Å². The van der Waals surface area contributed by atoms with E-state index in [9.17, 15) is 24.3 Å². The molecule has 0 aliphatic carbocycles. The van der Waals surface area contributed by atoms with Gasteiger partial charge in [-0.1, -0.05) is 71.1 Å². The first-order valence-electron chi connectivity index (χ1n) is 15.0.